The lowest BCUT2D eigenvalue weighted by Crippen LogP contribution is -2.43. The number of rotatable bonds is 5. The first kappa shape index (κ1) is 21.4. The van der Waals surface area contributed by atoms with E-state index in [1.54, 1.807) is 17.0 Å². The minimum absolute atomic E-state index is 0.0174. The number of carbonyl (C=O) groups excluding carboxylic acids is 1. The van der Waals surface area contributed by atoms with Gasteiger partial charge < -0.3 is 5.11 Å². The molecule has 2 aromatic rings. The molecule has 0 aliphatic heterocycles. The van der Waals surface area contributed by atoms with E-state index in [4.69, 9.17) is 11.6 Å². The highest BCUT2D eigenvalue weighted by molar-refractivity contribution is 6.31. The Morgan fingerprint density at radius 3 is 2.45 bits per heavy atom. The van der Waals surface area contributed by atoms with Gasteiger partial charge in [-0.3, -0.25) is 9.69 Å². The lowest BCUT2D eigenvalue weighted by atomic mass is 9.82. The number of aromatic nitrogens is 2. The van der Waals surface area contributed by atoms with E-state index in [9.17, 15) is 14.7 Å². The summed E-state index contributed by atoms with van der Waals surface area (Å²) >= 11 is 6.11. The van der Waals surface area contributed by atoms with Crippen LogP contribution in [0.3, 0.4) is 0 Å². The number of halogens is 1. The van der Waals surface area contributed by atoms with Gasteiger partial charge in [0.25, 0.3) is 0 Å². The average Bonchev–Trinajstić information content (AvgIpc) is 3.09. The van der Waals surface area contributed by atoms with Crippen molar-refractivity contribution in [3.05, 3.63) is 40.5 Å². The Bertz CT molecular complexity index is 914. The summed E-state index contributed by atoms with van der Waals surface area (Å²) in [5.41, 5.74) is 1.58. The first-order valence-corrected chi connectivity index (χ1v) is 10.5. The van der Waals surface area contributed by atoms with Crippen LogP contribution in [0.25, 0.3) is 5.69 Å². The Hall–Kier alpha value is -2.34. The zero-order valence-electron chi connectivity index (χ0n) is 17.4. The summed E-state index contributed by atoms with van der Waals surface area (Å²) in [6.07, 6.45) is 5.18. The summed E-state index contributed by atoms with van der Waals surface area (Å²) < 4.78 is 1.51. The van der Waals surface area contributed by atoms with Gasteiger partial charge in [-0.25, -0.2) is 9.48 Å². The molecule has 3 rings (SSSR count). The fraction of sp³-hybridized carbons (Fsp3) is 0.500. The van der Waals surface area contributed by atoms with Crippen LogP contribution in [0.15, 0.2) is 24.4 Å². The van der Waals surface area contributed by atoms with E-state index in [1.165, 1.54) is 10.9 Å². The summed E-state index contributed by atoms with van der Waals surface area (Å²) in [4.78, 5) is 26.8. The third-order valence-electron chi connectivity index (χ3n) is 5.68. The standard InChI is InChI=1S/C22H28ClN3O3/c1-13(2)26(21(27)16-7-5-14(3)6-8-16)20-18(22(28)29)12-25(24-20)17-9-10-19(23)15(4)11-17/h9-14,16H,5-8H2,1-4H3,(H,28,29)/t14-,16-. The molecule has 0 bridgehead atoms. The molecule has 0 unspecified atom stereocenters. The van der Waals surface area contributed by atoms with E-state index in [0.29, 0.717) is 16.6 Å². The molecule has 0 atom stereocenters. The molecular weight excluding hydrogens is 390 g/mol. The Labute approximate surface area is 176 Å². The monoisotopic (exact) mass is 417 g/mol. The van der Waals surface area contributed by atoms with E-state index < -0.39 is 5.97 Å². The second-order valence-corrected chi connectivity index (χ2v) is 8.72. The average molecular weight is 418 g/mol. The summed E-state index contributed by atoms with van der Waals surface area (Å²) in [7, 11) is 0. The molecule has 0 saturated heterocycles. The Morgan fingerprint density at radius 1 is 1.24 bits per heavy atom. The van der Waals surface area contributed by atoms with Crippen molar-refractivity contribution in [1.29, 1.82) is 0 Å². The van der Waals surface area contributed by atoms with Gasteiger partial charge in [0.1, 0.15) is 5.56 Å². The number of hydrogen-bond donors (Lipinski definition) is 1. The number of carboxylic acids is 1. The van der Waals surface area contributed by atoms with Crippen LogP contribution in [-0.4, -0.2) is 32.8 Å². The highest BCUT2D eigenvalue weighted by atomic mass is 35.5. The maximum Gasteiger partial charge on any atom is 0.341 e. The maximum absolute atomic E-state index is 13.3. The highest BCUT2D eigenvalue weighted by Crippen LogP contribution is 2.33. The topological polar surface area (TPSA) is 75.4 Å². The molecule has 1 aromatic heterocycles. The molecule has 1 N–H and O–H groups in total. The van der Waals surface area contributed by atoms with Crippen LogP contribution in [0, 0.1) is 18.8 Å². The van der Waals surface area contributed by atoms with Crippen molar-refractivity contribution >= 4 is 29.3 Å². The number of benzene rings is 1. The van der Waals surface area contributed by atoms with Gasteiger partial charge in [0.2, 0.25) is 5.91 Å². The first-order valence-electron chi connectivity index (χ1n) is 10.1. The predicted molar refractivity (Wildman–Crippen MR) is 114 cm³/mol. The van der Waals surface area contributed by atoms with Gasteiger partial charge in [-0.1, -0.05) is 18.5 Å². The van der Waals surface area contributed by atoms with Gasteiger partial charge >= 0.3 is 5.97 Å². The lowest BCUT2D eigenvalue weighted by molar-refractivity contribution is -0.123. The molecular formula is C22H28ClN3O3. The summed E-state index contributed by atoms with van der Waals surface area (Å²) in [5.74, 6) is -0.394. The fourth-order valence-electron chi connectivity index (χ4n) is 3.90. The third-order valence-corrected chi connectivity index (χ3v) is 6.10. The number of carbonyl (C=O) groups is 2. The van der Waals surface area contributed by atoms with Crippen molar-refractivity contribution < 1.29 is 14.7 Å². The van der Waals surface area contributed by atoms with Crippen molar-refractivity contribution in [2.24, 2.45) is 11.8 Å². The first-order chi connectivity index (χ1) is 13.7. The zero-order chi connectivity index (χ0) is 21.3. The smallest absolute Gasteiger partial charge is 0.341 e. The van der Waals surface area contributed by atoms with E-state index in [1.807, 2.05) is 26.8 Å². The number of aromatic carboxylic acids is 1. The minimum Gasteiger partial charge on any atom is -0.477 e. The minimum atomic E-state index is -1.10. The molecule has 1 fully saturated rings. The van der Waals surface area contributed by atoms with Crippen LogP contribution in [0.5, 0.6) is 0 Å². The molecule has 1 saturated carbocycles. The van der Waals surface area contributed by atoms with Gasteiger partial charge in [-0.05, 0) is 76.1 Å². The van der Waals surface area contributed by atoms with Crippen LogP contribution in [-0.2, 0) is 4.79 Å². The maximum atomic E-state index is 13.3. The molecule has 156 valence electrons. The summed E-state index contributed by atoms with van der Waals surface area (Å²) in [5, 5.41) is 14.9. The van der Waals surface area contributed by atoms with E-state index >= 15 is 0 Å². The molecule has 1 amide bonds. The van der Waals surface area contributed by atoms with Gasteiger partial charge in [0, 0.05) is 23.2 Å². The Morgan fingerprint density at radius 2 is 1.90 bits per heavy atom. The Balaban J connectivity index is 2.01. The van der Waals surface area contributed by atoms with Crippen molar-refractivity contribution in [3.8, 4) is 5.69 Å². The largest absolute Gasteiger partial charge is 0.477 e. The second kappa shape index (κ2) is 8.57. The zero-order valence-corrected chi connectivity index (χ0v) is 18.1. The molecule has 7 heteroatoms. The number of anilines is 1. The van der Waals surface area contributed by atoms with Crippen molar-refractivity contribution in [1.82, 2.24) is 9.78 Å². The molecule has 1 aliphatic rings. The second-order valence-electron chi connectivity index (χ2n) is 8.31. The molecule has 1 heterocycles. The van der Waals surface area contributed by atoms with Gasteiger partial charge in [0.15, 0.2) is 5.82 Å². The van der Waals surface area contributed by atoms with Gasteiger partial charge in [-0.15, -0.1) is 5.10 Å². The normalized spacial score (nSPS) is 19.4. The summed E-state index contributed by atoms with van der Waals surface area (Å²) in [6.45, 7) is 7.86. The number of nitrogens with zero attached hydrogens (tertiary/aromatic N) is 3. The van der Waals surface area contributed by atoms with Crippen LogP contribution >= 0.6 is 11.6 Å². The van der Waals surface area contributed by atoms with Gasteiger partial charge in [0.05, 0.1) is 5.69 Å². The van der Waals surface area contributed by atoms with Crippen molar-refractivity contribution in [3.63, 3.8) is 0 Å². The highest BCUT2D eigenvalue weighted by Gasteiger charge is 2.34. The molecule has 6 nitrogen and oxygen atoms in total. The lowest BCUT2D eigenvalue weighted by Gasteiger charge is -2.32. The van der Waals surface area contributed by atoms with Gasteiger partial charge in [-0.2, -0.15) is 0 Å². The van der Waals surface area contributed by atoms with E-state index in [0.717, 1.165) is 31.2 Å². The van der Waals surface area contributed by atoms with Crippen LogP contribution in [0.1, 0.15) is 62.4 Å². The molecule has 1 aromatic carbocycles. The van der Waals surface area contributed by atoms with E-state index in [-0.39, 0.29) is 29.2 Å². The fourth-order valence-corrected chi connectivity index (χ4v) is 4.02. The molecule has 0 spiro atoms. The van der Waals surface area contributed by atoms with Crippen molar-refractivity contribution in [2.45, 2.75) is 59.4 Å². The molecule has 0 radical (unpaired) electrons. The van der Waals surface area contributed by atoms with Crippen LogP contribution in [0.4, 0.5) is 5.82 Å². The number of hydrogen-bond acceptors (Lipinski definition) is 3. The third kappa shape index (κ3) is 4.47. The predicted octanol–water partition coefficient (Wildman–Crippen LogP) is 5.10. The Kier molecular flexibility index (Phi) is 6.32. The number of amides is 1. The van der Waals surface area contributed by atoms with Crippen LogP contribution < -0.4 is 4.90 Å². The number of aryl methyl sites for hydroxylation is 1. The molecule has 1 aliphatic carbocycles. The van der Waals surface area contributed by atoms with Crippen LogP contribution in [0.2, 0.25) is 5.02 Å². The number of carboxylic acid groups (broad SMARTS) is 1. The summed E-state index contributed by atoms with van der Waals surface area (Å²) in [6, 6.07) is 5.18. The molecule has 29 heavy (non-hydrogen) atoms. The quantitative estimate of drug-likeness (QED) is 0.734. The van der Waals surface area contributed by atoms with Crippen molar-refractivity contribution in [2.75, 3.05) is 4.90 Å². The SMILES string of the molecule is Cc1cc(-n2cc(C(=O)O)c(N(C(=O)[C@H]3CC[C@H](C)CC3)C(C)C)n2)ccc1Cl. The van der Waals surface area contributed by atoms with E-state index in [2.05, 4.69) is 12.0 Å².